The van der Waals surface area contributed by atoms with Crippen LogP contribution < -0.4 is 20.1 Å². The molecule has 0 aliphatic heterocycles. The minimum absolute atomic E-state index is 0.00153. The first kappa shape index (κ1) is 19.6. The molecule has 2 rings (SSSR count). The molecule has 26 heavy (non-hydrogen) atoms. The molecule has 140 valence electrons. The van der Waals surface area contributed by atoms with E-state index in [1.807, 2.05) is 17.5 Å². The van der Waals surface area contributed by atoms with Crippen molar-refractivity contribution < 1.29 is 27.8 Å². The van der Waals surface area contributed by atoms with Gasteiger partial charge < -0.3 is 20.1 Å². The molecule has 6 nitrogen and oxygen atoms in total. The van der Waals surface area contributed by atoms with Crippen molar-refractivity contribution in [3.63, 3.8) is 0 Å². The number of methoxy groups -OCH3 is 1. The van der Waals surface area contributed by atoms with Crippen molar-refractivity contribution >= 4 is 23.2 Å². The molecular formula is C17H18F2N2O4S. The highest BCUT2D eigenvalue weighted by molar-refractivity contribution is 7.09. The molecule has 0 aliphatic carbocycles. The zero-order valence-electron chi connectivity index (χ0n) is 14.0. The molecule has 1 heterocycles. The third-order valence-electron chi connectivity index (χ3n) is 3.33. The molecule has 1 aromatic heterocycles. The smallest absolute Gasteiger partial charge is 0.387 e. The Balaban J connectivity index is 1.82. The Morgan fingerprint density at radius 3 is 2.65 bits per heavy atom. The predicted octanol–water partition coefficient (Wildman–Crippen LogP) is 2.45. The normalized spacial score (nSPS) is 10.5. The van der Waals surface area contributed by atoms with Gasteiger partial charge in [-0.25, -0.2) is 0 Å². The Hall–Kier alpha value is -2.68. The number of benzene rings is 1. The molecule has 2 aromatic rings. The molecule has 9 heteroatoms. The van der Waals surface area contributed by atoms with E-state index in [4.69, 9.17) is 4.74 Å². The Morgan fingerprint density at radius 1 is 1.19 bits per heavy atom. The quantitative estimate of drug-likeness (QED) is 0.696. The van der Waals surface area contributed by atoms with Crippen molar-refractivity contribution in [3.05, 3.63) is 46.2 Å². The molecule has 1 aromatic carbocycles. The summed E-state index contributed by atoms with van der Waals surface area (Å²) in [6, 6.07) is 7.70. The van der Waals surface area contributed by atoms with E-state index < -0.39 is 12.5 Å². The van der Waals surface area contributed by atoms with Gasteiger partial charge in [0.1, 0.15) is 0 Å². The number of carbonyl (C=O) groups excluding carboxylic acids is 2. The fourth-order valence-corrected chi connectivity index (χ4v) is 2.82. The molecule has 2 N–H and O–H groups in total. The standard InChI is InChI=1S/C17H18F2N2O4S/c1-24-14-9-11(4-5-13(14)25-17(18)19)16(23)21-10-15(22)20-7-6-12-3-2-8-26-12/h2-5,8-9,17H,6-7,10H2,1H3,(H,20,22)(H,21,23). The number of thiophene rings is 1. The van der Waals surface area contributed by atoms with E-state index in [0.29, 0.717) is 6.54 Å². The molecule has 0 fully saturated rings. The van der Waals surface area contributed by atoms with Gasteiger partial charge in [0.05, 0.1) is 13.7 Å². The molecule has 0 saturated heterocycles. The number of ether oxygens (including phenoxy) is 2. The molecule has 0 spiro atoms. The second-order valence-electron chi connectivity index (χ2n) is 5.11. The van der Waals surface area contributed by atoms with Crippen molar-refractivity contribution in [3.8, 4) is 11.5 Å². The molecule has 0 aliphatic rings. The van der Waals surface area contributed by atoms with Gasteiger partial charge in [-0.05, 0) is 36.1 Å². The molecular weight excluding hydrogens is 366 g/mol. The zero-order chi connectivity index (χ0) is 18.9. The fourth-order valence-electron chi connectivity index (χ4n) is 2.11. The second kappa shape index (κ2) is 9.71. The lowest BCUT2D eigenvalue weighted by molar-refractivity contribution is -0.120. The van der Waals surface area contributed by atoms with Crippen LogP contribution in [0, 0.1) is 0 Å². The zero-order valence-corrected chi connectivity index (χ0v) is 14.8. The number of halogens is 2. The predicted molar refractivity (Wildman–Crippen MR) is 93.0 cm³/mol. The minimum atomic E-state index is -3.00. The van der Waals surface area contributed by atoms with Crippen molar-refractivity contribution in [2.45, 2.75) is 13.0 Å². The summed E-state index contributed by atoms with van der Waals surface area (Å²) in [5.41, 5.74) is 0.162. The number of rotatable bonds is 9. The maximum Gasteiger partial charge on any atom is 0.387 e. The maximum atomic E-state index is 12.3. The van der Waals surface area contributed by atoms with Gasteiger partial charge in [-0.1, -0.05) is 6.07 Å². The van der Waals surface area contributed by atoms with Crippen LogP contribution in [-0.4, -0.2) is 38.6 Å². The lowest BCUT2D eigenvalue weighted by Gasteiger charge is -2.11. The first-order valence-corrected chi connectivity index (χ1v) is 8.57. The molecule has 0 unspecified atom stereocenters. The highest BCUT2D eigenvalue weighted by atomic mass is 32.1. The van der Waals surface area contributed by atoms with Gasteiger partial charge in [0, 0.05) is 17.0 Å². The molecule has 0 saturated carbocycles. The van der Waals surface area contributed by atoms with E-state index in [2.05, 4.69) is 15.4 Å². The lowest BCUT2D eigenvalue weighted by Crippen LogP contribution is -2.37. The number of alkyl halides is 2. The van der Waals surface area contributed by atoms with Crippen molar-refractivity contribution in [2.24, 2.45) is 0 Å². The highest BCUT2D eigenvalue weighted by Gasteiger charge is 2.14. The van der Waals surface area contributed by atoms with Crippen molar-refractivity contribution in [2.75, 3.05) is 20.2 Å². The van der Waals surface area contributed by atoms with Crippen LogP contribution in [-0.2, 0) is 11.2 Å². The summed E-state index contributed by atoms with van der Waals surface area (Å²) < 4.78 is 33.8. The summed E-state index contributed by atoms with van der Waals surface area (Å²) in [6.07, 6.45) is 0.722. The Bertz CT molecular complexity index is 738. The van der Waals surface area contributed by atoms with Gasteiger partial charge in [0.25, 0.3) is 5.91 Å². The van der Waals surface area contributed by atoms with Crippen LogP contribution in [0.4, 0.5) is 8.78 Å². The van der Waals surface area contributed by atoms with Gasteiger partial charge in [-0.15, -0.1) is 11.3 Å². The Morgan fingerprint density at radius 2 is 2.00 bits per heavy atom. The number of amides is 2. The second-order valence-corrected chi connectivity index (χ2v) is 6.14. The van der Waals surface area contributed by atoms with Crippen LogP contribution in [0.5, 0.6) is 11.5 Å². The molecule has 0 atom stereocenters. The average Bonchev–Trinajstić information content (AvgIpc) is 3.13. The number of carbonyl (C=O) groups is 2. The summed E-state index contributed by atoms with van der Waals surface area (Å²) in [4.78, 5) is 25.0. The van der Waals surface area contributed by atoms with Gasteiger partial charge in [0.2, 0.25) is 5.91 Å². The van der Waals surface area contributed by atoms with E-state index in [1.54, 1.807) is 11.3 Å². The molecule has 0 bridgehead atoms. The third kappa shape index (κ3) is 5.99. The fraction of sp³-hybridized carbons (Fsp3) is 0.294. The first-order chi connectivity index (χ1) is 12.5. The van der Waals surface area contributed by atoms with Crippen LogP contribution in [0.3, 0.4) is 0 Å². The number of nitrogens with one attached hydrogen (secondary N) is 2. The average molecular weight is 384 g/mol. The van der Waals surface area contributed by atoms with Gasteiger partial charge in [0.15, 0.2) is 11.5 Å². The summed E-state index contributed by atoms with van der Waals surface area (Å²) in [7, 11) is 1.27. The van der Waals surface area contributed by atoms with E-state index >= 15 is 0 Å². The minimum Gasteiger partial charge on any atom is -0.493 e. The van der Waals surface area contributed by atoms with Crippen LogP contribution in [0.15, 0.2) is 35.7 Å². The molecule has 0 radical (unpaired) electrons. The van der Waals surface area contributed by atoms with Crippen LogP contribution in [0.1, 0.15) is 15.2 Å². The van der Waals surface area contributed by atoms with Crippen molar-refractivity contribution in [1.82, 2.24) is 10.6 Å². The Kier molecular flexibility index (Phi) is 7.34. The Labute approximate surface area is 153 Å². The lowest BCUT2D eigenvalue weighted by atomic mass is 10.2. The SMILES string of the molecule is COc1cc(C(=O)NCC(=O)NCCc2cccs2)ccc1OC(F)F. The van der Waals surface area contributed by atoms with Crippen LogP contribution >= 0.6 is 11.3 Å². The van der Waals surface area contributed by atoms with E-state index in [9.17, 15) is 18.4 Å². The summed E-state index contributed by atoms with van der Waals surface area (Å²) >= 11 is 1.61. The summed E-state index contributed by atoms with van der Waals surface area (Å²) in [5.74, 6) is -1.02. The monoisotopic (exact) mass is 384 g/mol. The third-order valence-corrected chi connectivity index (χ3v) is 4.26. The van der Waals surface area contributed by atoms with Crippen LogP contribution in [0.2, 0.25) is 0 Å². The summed E-state index contributed by atoms with van der Waals surface area (Å²) in [6.45, 7) is -2.72. The topological polar surface area (TPSA) is 76.7 Å². The van der Waals surface area contributed by atoms with E-state index in [0.717, 1.165) is 11.3 Å². The van der Waals surface area contributed by atoms with Crippen molar-refractivity contribution in [1.29, 1.82) is 0 Å². The van der Waals surface area contributed by atoms with E-state index in [1.165, 1.54) is 25.3 Å². The maximum absolute atomic E-state index is 12.3. The summed E-state index contributed by atoms with van der Waals surface area (Å²) in [5, 5.41) is 7.13. The molecule has 2 amide bonds. The van der Waals surface area contributed by atoms with Gasteiger partial charge in [-0.2, -0.15) is 8.78 Å². The largest absolute Gasteiger partial charge is 0.493 e. The van der Waals surface area contributed by atoms with E-state index in [-0.39, 0.29) is 29.5 Å². The highest BCUT2D eigenvalue weighted by Crippen LogP contribution is 2.29. The van der Waals surface area contributed by atoms with Gasteiger partial charge >= 0.3 is 6.61 Å². The number of hydrogen-bond acceptors (Lipinski definition) is 5. The van der Waals surface area contributed by atoms with Crippen LogP contribution in [0.25, 0.3) is 0 Å². The first-order valence-electron chi connectivity index (χ1n) is 7.69. The van der Waals surface area contributed by atoms with Gasteiger partial charge in [-0.3, -0.25) is 9.59 Å². The number of hydrogen-bond donors (Lipinski definition) is 2.